The Labute approximate surface area is 95.9 Å². The number of Topliss-reactive ketones (excluding diaryl/α,β-unsaturated/α-hetero) is 1. The van der Waals surface area contributed by atoms with Crippen LogP contribution in [-0.4, -0.2) is 5.78 Å². The van der Waals surface area contributed by atoms with E-state index in [0.29, 0.717) is 12.3 Å². The van der Waals surface area contributed by atoms with Crippen LogP contribution in [0.15, 0.2) is 35.7 Å². The summed E-state index contributed by atoms with van der Waals surface area (Å²) in [7, 11) is 0. The molecule has 0 aliphatic carbocycles. The van der Waals surface area contributed by atoms with Crippen molar-refractivity contribution >= 4 is 5.78 Å². The molecule has 3 heteroatoms. The van der Waals surface area contributed by atoms with Gasteiger partial charge in [-0.1, -0.05) is 29.8 Å². The fourth-order valence-electron chi connectivity index (χ4n) is 1.45. The Balaban J connectivity index is 2.71. The van der Waals surface area contributed by atoms with Gasteiger partial charge in [0.25, 0.3) is 0 Å². The van der Waals surface area contributed by atoms with E-state index in [1.54, 1.807) is 6.92 Å². The van der Waals surface area contributed by atoms with Crippen molar-refractivity contribution in [2.45, 2.75) is 27.4 Å². The number of ether oxygens (including phenoxy) is 1. The standard InChI is InChI=1S/C13H17NO2/c1-9-5-4-6-12(7-9)8-16-13(10(2)14)11(3)15/h4-7H,8,14H2,1-3H3/b13-10-. The number of hydrogen-bond donors (Lipinski definition) is 1. The number of hydrogen-bond acceptors (Lipinski definition) is 3. The predicted octanol–water partition coefficient (Wildman–Crippen LogP) is 2.29. The van der Waals surface area contributed by atoms with Gasteiger partial charge in [-0.05, 0) is 19.4 Å². The number of benzene rings is 1. The molecule has 0 fully saturated rings. The van der Waals surface area contributed by atoms with Gasteiger partial charge in [0.1, 0.15) is 6.61 Å². The SMILES string of the molecule is CC(=O)/C(OCc1cccc(C)c1)=C(\C)N. The lowest BCUT2D eigenvalue weighted by Gasteiger charge is -2.09. The number of nitrogens with two attached hydrogens (primary N) is 1. The van der Waals surface area contributed by atoms with Crippen LogP contribution in [0.4, 0.5) is 0 Å². The minimum absolute atomic E-state index is 0.146. The van der Waals surface area contributed by atoms with E-state index >= 15 is 0 Å². The Hall–Kier alpha value is -1.77. The Kier molecular flexibility index (Phi) is 4.11. The highest BCUT2D eigenvalue weighted by Gasteiger charge is 2.08. The number of aryl methyl sites for hydroxylation is 1. The zero-order chi connectivity index (χ0) is 12.1. The van der Waals surface area contributed by atoms with Crippen LogP contribution in [0.2, 0.25) is 0 Å². The average Bonchev–Trinajstić information content (AvgIpc) is 2.16. The van der Waals surface area contributed by atoms with Crippen LogP contribution < -0.4 is 5.73 Å². The van der Waals surface area contributed by atoms with Gasteiger partial charge in [0, 0.05) is 6.92 Å². The molecule has 86 valence electrons. The second-order valence-corrected chi connectivity index (χ2v) is 3.85. The number of allylic oxidation sites excluding steroid dienone is 2. The van der Waals surface area contributed by atoms with Crippen LogP contribution in [0.3, 0.4) is 0 Å². The fraction of sp³-hybridized carbons (Fsp3) is 0.308. The van der Waals surface area contributed by atoms with E-state index in [4.69, 9.17) is 10.5 Å². The summed E-state index contributed by atoms with van der Waals surface area (Å²) in [6.45, 7) is 5.49. The lowest BCUT2D eigenvalue weighted by molar-refractivity contribution is -0.117. The van der Waals surface area contributed by atoms with Crippen molar-refractivity contribution in [3.63, 3.8) is 0 Å². The number of rotatable bonds is 4. The molecule has 0 amide bonds. The monoisotopic (exact) mass is 219 g/mol. The van der Waals surface area contributed by atoms with E-state index in [2.05, 4.69) is 0 Å². The third-order valence-electron chi connectivity index (χ3n) is 2.14. The number of carbonyl (C=O) groups excluding carboxylic acids is 1. The Bertz CT molecular complexity index is 418. The molecule has 0 bridgehead atoms. The average molecular weight is 219 g/mol. The second-order valence-electron chi connectivity index (χ2n) is 3.85. The van der Waals surface area contributed by atoms with Crippen LogP contribution in [0.25, 0.3) is 0 Å². The van der Waals surface area contributed by atoms with E-state index in [9.17, 15) is 4.79 Å². The van der Waals surface area contributed by atoms with E-state index in [1.165, 1.54) is 12.5 Å². The number of ketones is 1. The minimum atomic E-state index is -0.146. The highest BCUT2D eigenvalue weighted by Crippen LogP contribution is 2.10. The molecule has 0 aromatic heterocycles. The van der Waals surface area contributed by atoms with Crippen molar-refractivity contribution in [1.82, 2.24) is 0 Å². The quantitative estimate of drug-likeness (QED) is 0.624. The molecule has 0 saturated carbocycles. The molecule has 0 spiro atoms. The first kappa shape index (κ1) is 12.3. The van der Waals surface area contributed by atoms with E-state index in [-0.39, 0.29) is 11.5 Å². The van der Waals surface area contributed by atoms with E-state index < -0.39 is 0 Å². The summed E-state index contributed by atoms with van der Waals surface area (Å²) in [4.78, 5) is 11.2. The maximum atomic E-state index is 11.2. The summed E-state index contributed by atoms with van der Waals surface area (Å²) in [5, 5.41) is 0. The largest absolute Gasteiger partial charge is 0.483 e. The number of carbonyl (C=O) groups is 1. The molecule has 0 radical (unpaired) electrons. The highest BCUT2D eigenvalue weighted by molar-refractivity contribution is 5.91. The summed E-state index contributed by atoms with van der Waals surface area (Å²) in [5.41, 5.74) is 8.18. The van der Waals surface area contributed by atoms with E-state index in [1.807, 2.05) is 31.2 Å². The summed E-state index contributed by atoms with van der Waals surface area (Å²) in [6, 6.07) is 7.94. The second kappa shape index (κ2) is 5.35. The van der Waals surface area contributed by atoms with Gasteiger partial charge in [-0.3, -0.25) is 4.79 Å². The summed E-state index contributed by atoms with van der Waals surface area (Å²) >= 11 is 0. The maximum Gasteiger partial charge on any atom is 0.196 e. The Morgan fingerprint density at radius 2 is 2.06 bits per heavy atom. The van der Waals surface area contributed by atoms with Gasteiger partial charge in [-0.25, -0.2) is 0 Å². The van der Waals surface area contributed by atoms with Crippen LogP contribution in [0, 0.1) is 6.92 Å². The lowest BCUT2D eigenvalue weighted by Crippen LogP contribution is -2.09. The molecule has 0 saturated heterocycles. The maximum absolute atomic E-state index is 11.2. The minimum Gasteiger partial charge on any atom is -0.483 e. The van der Waals surface area contributed by atoms with Crippen molar-refractivity contribution in [2.24, 2.45) is 5.73 Å². The molecule has 1 aromatic rings. The van der Waals surface area contributed by atoms with Gasteiger partial charge in [0.2, 0.25) is 0 Å². The van der Waals surface area contributed by atoms with Crippen molar-refractivity contribution in [1.29, 1.82) is 0 Å². The summed E-state index contributed by atoms with van der Waals surface area (Å²) in [6.07, 6.45) is 0. The molecule has 16 heavy (non-hydrogen) atoms. The van der Waals surface area contributed by atoms with Crippen LogP contribution in [-0.2, 0) is 16.1 Å². The van der Waals surface area contributed by atoms with Gasteiger partial charge in [-0.2, -0.15) is 0 Å². The fourth-order valence-corrected chi connectivity index (χ4v) is 1.45. The van der Waals surface area contributed by atoms with Gasteiger partial charge in [0.05, 0.1) is 5.70 Å². The summed E-state index contributed by atoms with van der Waals surface area (Å²) in [5.74, 6) is 0.106. The first-order chi connectivity index (χ1) is 7.50. The molecule has 3 nitrogen and oxygen atoms in total. The van der Waals surface area contributed by atoms with Crippen molar-refractivity contribution in [3.8, 4) is 0 Å². The third kappa shape index (κ3) is 3.42. The Morgan fingerprint density at radius 3 is 2.56 bits per heavy atom. The molecular formula is C13H17NO2. The normalized spacial score (nSPS) is 11.9. The van der Waals surface area contributed by atoms with Crippen LogP contribution in [0.1, 0.15) is 25.0 Å². The smallest absolute Gasteiger partial charge is 0.196 e. The van der Waals surface area contributed by atoms with Crippen molar-refractivity contribution < 1.29 is 9.53 Å². The molecule has 1 rings (SSSR count). The first-order valence-electron chi connectivity index (χ1n) is 5.16. The van der Waals surface area contributed by atoms with Crippen LogP contribution in [0.5, 0.6) is 0 Å². The first-order valence-corrected chi connectivity index (χ1v) is 5.16. The molecule has 2 N–H and O–H groups in total. The van der Waals surface area contributed by atoms with Gasteiger partial charge in [-0.15, -0.1) is 0 Å². The molecule has 1 aromatic carbocycles. The van der Waals surface area contributed by atoms with E-state index in [0.717, 1.165) is 5.56 Å². The molecule has 0 heterocycles. The van der Waals surface area contributed by atoms with Crippen LogP contribution >= 0.6 is 0 Å². The summed E-state index contributed by atoms with van der Waals surface area (Å²) < 4.78 is 5.41. The molecular weight excluding hydrogens is 202 g/mol. The molecule has 0 unspecified atom stereocenters. The zero-order valence-electron chi connectivity index (χ0n) is 9.91. The van der Waals surface area contributed by atoms with Crippen molar-refractivity contribution in [2.75, 3.05) is 0 Å². The third-order valence-corrected chi connectivity index (χ3v) is 2.14. The topological polar surface area (TPSA) is 52.3 Å². The lowest BCUT2D eigenvalue weighted by atomic mass is 10.1. The van der Waals surface area contributed by atoms with Gasteiger partial charge < -0.3 is 10.5 Å². The Morgan fingerprint density at radius 1 is 1.38 bits per heavy atom. The van der Waals surface area contributed by atoms with Crippen molar-refractivity contribution in [3.05, 3.63) is 46.8 Å². The molecule has 0 aliphatic rings. The van der Waals surface area contributed by atoms with Gasteiger partial charge in [0.15, 0.2) is 11.5 Å². The highest BCUT2D eigenvalue weighted by atomic mass is 16.5. The molecule has 0 aliphatic heterocycles. The predicted molar refractivity (Wildman–Crippen MR) is 63.5 cm³/mol. The zero-order valence-corrected chi connectivity index (χ0v) is 9.91. The molecule has 0 atom stereocenters. The van der Waals surface area contributed by atoms with Gasteiger partial charge >= 0.3 is 0 Å².